The van der Waals surface area contributed by atoms with Crippen LogP contribution in [-0.4, -0.2) is 36.4 Å². The van der Waals surface area contributed by atoms with E-state index in [-0.39, 0.29) is 12.3 Å². The summed E-state index contributed by atoms with van der Waals surface area (Å²) in [6.45, 7) is 6.43. The Balaban J connectivity index is 1.65. The van der Waals surface area contributed by atoms with Crippen LogP contribution in [0, 0.1) is 13.8 Å². The molecule has 0 aliphatic rings. The Labute approximate surface area is 185 Å². The molecule has 0 spiro atoms. The summed E-state index contributed by atoms with van der Waals surface area (Å²) in [7, 11) is 1.55. The van der Waals surface area contributed by atoms with Crippen LogP contribution in [0.2, 0.25) is 0 Å². The van der Waals surface area contributed by atoms with E-state index in [0.717, 1.165) is 28.4 Å². The summed E-state index contributed by atoms with van der Waals surface area (Å²) in [5.74, 6) is 2.08. The Morgan fingerprint density at radius 2 is 1.84 bits per heavy atom. The molecular weight excluding hydrogens is 408 g/mol. The number of tetrazole rings is 1. The average Bonchev–Trinajstić information content (AvgIpc) is 3.12. The van der Waals surface area contributed by atoms with E-state index in [1.807, 2.05) is 57.2 Å². The third-order valence-electron chi connectivity index (χ3n) is 4.98. The minimum Gasteiger partial charge on any atom is -0.493 e. The zero-order valence-electron chi connectivity index (χ0n) is 18.4. The van der Waals surface area contributed by atoms with Crippen LogP contribution >= 0.6 is 0 Å². The molecule has 32 heavy (non-hydrogen) atoms. The summed E-state index contributed by atoms with van der Waals surface area (Å²) in [4.78, 5) is 21.1. The second kappa shape index (κ2) is 9.01. The van der Waals surface area contributed by atoms with Crippen LogP contribution in [-0.2, 0) is 13.7 Å². The van der Waals surface area contributed by atoms with E-state index in [1.165, 1.54) is 9.36 Å². The molecule has 2 heterocycles. The lowest BCUT2D eigenvalue weighted by molar-refractivity contribution is 0.284. The van der Waals surface area contributed by atoms with E-state index in [1.54, 1.807) is 19.3 Å². The minimum absolute atomic E-state index is 0.196. The number of benzene rings is 2. The lowest BCUT2D eigenvalue weighted by Gasteiger charge is -2.16. The van der Waals surface area contributed by atoms with Gasteiger partial charge in [0.15, 0.2) is 0 Å². The first kappa shape index (κ1) is 21.2. The maximum absolute atomic E-state index is 12.4. The van der Waals surface area contributed by atoms with Gasteiger partial charge in [0.2, 0.25) is 0 Å². The van der Waals surface area contributed by atoms with Gasteiger partial charge in [-0.2, -0.15) is 9.36 Å². The predicted octanol–water partition coefficient (Wildman–Crippen LogP) is 3.02. The first-order chi connectivity index (χ1) is 15.5. The van der Waals surface area contributed by atoms with Crippen molar-refractivity contribution in [2.75, 3.05) is 6.61 Å². The zero-order valence-corrected chi connectivity index (χ0v) is 18.4. The molecule has 0 bridgehead atoms. The van der Waals surface area contributed by atoms with Crippen molar-refractivity contribution >= 4 is 0 Å². The third-order valence-corrected chi connectivity index (χ3v) is 4.98. The first-order valence-electron chi connectivity index (χ1n) is 10.3. The molecule has 0 fully saturated rings. The molecule has 2 aromatic carbocycles. The topological polar surface area (TPSA) is 97.0 Å². The average molecular weight is 432 g/mol. The number of hydrogen-bond donors (Lipinski definition) is 0. The lowest BCUT2D eigenvalue weighted by atomic mass is 10.1. The van der Waals surface area contributed by atoms with Crippen LogP contribution in [0.3, 0.4) is 0 Å². The Kier molecular flexibility index (Phi) is 5.98. The first-order valence-corrected chi connectivity index (χ1v) is 10.3. The second-order valence-electron chi connectivity index (χ2n) is 7.24. The predicted molar refractivity (Wildman–Crippen MR) is 119 cm³/mol. The Morgan fingerprint density at radius 1 is 1.00 bits per heavy atom. The maximum atomic E-state index is 12.4. The van der Waals surface area contributed by atoms with Gasteiger partial charge in [0.1, 0.15) is 23.9 Å². The van der Waals surface area contributed by atoms with Crippen LogP contribution in [0.5, 0.6) is 11.5 Å². The summed E-state index contributed by atoms with van der Waals surface area (Å²) in [6.07, 6.45) is 1.75. The molecule has 0 aliphatic carbocycles. The zero-order chi connectivity index (χ0) is 22.7. The van der Waals surface area contributed by atoms with Crippen LogP contribution in [0.4, 0.5) is 0 Å². The molecule has 0 saturated heterocycles. The van der Waals surface area contributed by atoms with Gasteiger partial charge in [-0.15, -0.1) is 0 Å². The highest BCUT2D eigenvalue weighted by atomic mass is 16.5. The highest BCUT2D eigenvalue weighted by Gasteiger charge is 2.17. The number of aryl methyl sites for hydroxylation is 3. The van der Waals surface area contributed by atoms with Gasteiger partial charge < -0.3 is 9.47 Å². The van der Waals surface area contributed by atoms with Gasteiger partial charge in [-0.05, 0) is 73.2 Å². The molecule has 2 aromatic heterocycles. The van der Waals surface area contributed by atoms with Gasteiger partial charge in [0, 0.05) is 18.8 Å². The fourth-order valence-electron chi connectivity index (χ4n) is 3.39. The van der Waals surface area contributed by atoms with Crippen molar-refractivity contribution in [3.63, 3.8) is 0 Å². The normalized spacial score (nSPS) is 10.9. The van der Waals surface area contributed by atoms with E-state index in [2.05, 4.69) is 20.4 Å². The lowest BCUT2D eigenvalue weighted by Crippen LogP contribution is -2.23. The summed E-state index contributed by atoms with van der Waals surface area (Å²) in [5, 5.41) is 7.78. The van der Waals surface area contributed by atoms with E-state index < -0.39 is 0 Å². The molecule has 0 amide bonds. The third kappa shape index (κ3) is 4.22. The highest BCUT2D eigenvalue weighted by molar-refractivity contribution is 5.61. The number of hydrogen-bond acceptors (Lipinski definition) is 7. The molecule has 9 nitrogen and oxygen atoms in total. The summed E-state index contributed by atoms with van der Waals surface area (Å²) in [5.41, 5.74) is 3.75. The van der Waals surface area contributed by atoms with Gasteiger partial charge in [-0.25, -0.2) is 14.8 Å². The standard InChI is InChI=1S/C23H24N6O3/c1-5-31-22-8-6-7-20(29-23(30)28(4)26-27-29)18(22)14-32-21-10-9-17(13-15(21)2)19-11-12-24-16(3)25-19/h6-13H,5,14H2,1-4H3. The van der Waals surface area contributed by atoms with Crippen molar-refractivity contribution in [1.82, 2.24) is 29.8 Å². The second-order valence-corrected chi connectivity index (χ2v) is 7.24. The fourth-order valence-corrected chi connectivity index (χ4v) is 3.39. The highest BCUT2D eigenvalue weighted by Crippen LogP contribution is 2.29. The number of nitrogens with zero attached hydrogens (tertiary/aromatic N) is 6. The van der Waals surface area contributed by atoms with Crippen molar-refractivity contribution in [2.45, 2.75) is 27.4 Å². The summed E-state index contributed by atoms with van der Waals surface area (Å²) < 4.78 is 14.4. The van der Waals surface area contributed by atoms with Gasteiger partial charge in [0.05, 0.1) is 23.6 Å². The van der Waals surface area contributed by atoms with Gasteiger partial charge in [-0.1, -0.05) is 6.07 Å². The molecule has 0 atom stereocenters. The molecule has 0 aliphatic heterocycles. The molecule has 9 heteroatoms. The Morgan fingerprint density at radius 3 is 2.53 bits per heavy atom. The monoisotopic (exact) mass is 432 g/mol. The fraction of sp³-hybridized carbons (Fsp3) is 0.261. The van der Waals surface area contributed by atoms with Crippen molar-refractivity contribution in [3.05, 3.63) is 76.1 Å². The minimum atomic E-state index is -0.347. The van der Waals surface area contributed by atoms with E-state index in [4.69, 9.17) is 9.47 Å². The molecule has 164 valence electrons. The Bertz CT molecular complexity index is 1310. The van der Waals surface area contributed by atoms with Crippen LogP contribution in [0.15, 0.2) is 53.5 Å². The molecule has 0 saturated carbocycles. The van der Waals surface area contributed by atoms with Crippen molar-refractivity contribution in [1.29, 1.82) is 0 Å². The molecule has 4 aromatic rings. The Hall–Kier alpha value is -4.01. The molecule has 0 N–H and O–H groups in total. The van der Waals surface area contributed by atoms with Crippen molar-refractivity contribution < 1.29 is 9.47 Å². The van der Waals surface area contributed by atoms with Crippen LogP contribution in [0.25, 0.3) is 16.9 Å². The largest absolute Gasteiger partial charge is 0.493 e. The van der Waals surface area contributed by atoms with Gasteiger partial charge in [-0.3, -0.25) is 0 Å². The molecule has 0 radical (unpaired) electrons. The van der Waals surface area contributed by atoms with Gasteiger partial charge >= 0.3 is 5.69 Å². The van der Waals surface area contributed by atoms with Crippen molar-refractivity contribution in [3.8, 4) is 28.4 Å². The van der Waals surface area contributed by atoms with E-state index in [9.17, 15) is 4.79 Å². The number of aromatic nitrogens is 6. The summed E-state index contributed by atoms with van der Waals surface area (Å²) in [6, 6.07) is 13.2. The smallest absolute Gasteiger partial charge is 0.368 e. The SMILES string of the molecule is CCOc1cccc(-n2nnn(C)c2=O)c1COc1ccc(-c2ccnc(C)n2)cc1C. The maximum Gasteiger partial charge on any atom is 0.368 e. The number of ether oxygens (including phenoxy) is 2. The molecular formula is C23H24N6O3. The summed E-state index contributed by atoms with van der Waals surface area (Å²) >= 11 is 0. The van der Waals surface area contributed by atoms with Crippen LogP contribution < -0.4 is 15.2 Å². The quantitative estimate of drug-likeness (QED) is 0.443. The van der Waals surface area contributed by atoms with Crippen LogP contribution in [0.1, 0.15) is 23.9 Å². The number of rotatable bonds is 7. The van der Waals surface area contributed by atoms with Gasteiger partial charge in [0.25, 0.3) is 0 Å². The van der Waals surface area contributed by atoms with E-state index >= 15 is 0 Å². The molecule has 4 rings (SSSR count). The molecule has 0 unspecified atom stereocenters. The van der Waals surface area contributed by atoms with E-state index in [0.29, 0.717) is 23.6 Å². The van der Waals surface area contributed by atoms with Crippen molar-refractivity contribution in [2.24, 2.45) is 7.05 Å².